The van der Waals surface area contributed by atoms with Crippen LogP contribution in [-0.2, 0) is 4.74 Å². The smallest absolute Gasteiger partial charge is 0.282 e. The zero-order chi connectivity index (χ0) is 10.2. The molecule has 0 unspecified atom stereocenters. The maximum Gasteiger partial charge on any atom is 0.282 e. The molecule has 1 saturated heterocycles. The molecule has 4 nitrogen and oxygen atoms in total. The Morgan fingerprint density at radius 2 is 2.07 bits per heavy atom. The van der Waals surface area contributed by atoms with Gasteiger partial charge in [-0.2, -0.15) is 0 Å². The fourth-order valence-electron chi connectivity index (χ4n) is 2.22. The molecule has 2 rings (SSSR count). The summed E-state index contributed by atoms with van der Waals surface area (Å²) in [6, 6.07) is 1.01. The largest absolute Gasteiger partial charge is 0.457 e. The molecular weight excluding hydrogens is 178 g/mol. The molecule has 14 heavy (non-hydrogen) atoms. The van der Waals surface area contributed by atoms with Gasteiger partial charge >= 0.3 is 0 Å². The monoisotopic (exact) mass is 197 g/mol. The molecule has 0 atom stereocenters. The summed E-state index contributed by atoms with van der Waals surface area (Å²) in [5.74, 6) is 0. The van der Waals surface area contributed by atoms with Crippen LogP contribution < -0.4 is 5.73 Å². The number of likely N-dealkylation sites (tertiary alicyclic amines) is 1. The van der Waals surface area contributed by atoms with Gasteiger partial charge in [0.2, 0.25) is 0 Å². The van der Waals surface area contributed by atoms with Gasteiger partial charge in [0.1, 0.15) is 5.60 Å². The van der Waals surface area contributed by atoms with Gasteiger partial charge in [-0.15, -0.1) is 0 Å². The molecule has 0 aromatic heterocycles. The van der Waals surface area contributed by atoms with Crippen LogP contribution in [0.2, 0.25) is 0 Å². The van der Waals surface area contributed by atoms with Crippen molar-refractivity contribution in [1.29, 1.82) is 0 Å². The van der Waals surface area contributed by atoms with E-state index in [1.807, 2.05) is 0 Å². The first-order chi connectivity index (χ1) is 6.61. The van der Waals surface area contributed by atoms with Crippen LogP contribution in [-0.4, -0.2) is 42.2 Å². The molecule has 0 amide bonds. The minimum absolute atomic E-state index is 0.0600. The molecule has 0 aromatic carbocycles. The van der Waals surface area contributed by atoms with Gasteiger partial charge in [-0.1, -0.05) is 0 Å². The van der Waals surface area contributed by atoms with Crippen LogP contribution in [0.25, 0.3) is 0 Å². The molecule has 0 saturated carbocycles. The molecule has 2 heterocycles. The predicted molar refractivity (Wildman–Crippen MR) is 56.2 cm³/mol. The molecule has 2 N–H and O–H groups in total. The second-order valence-corrected chi connectivity index (χ2v) is 4.57. The van der Waals surface area contributed by atoms with Crippen LogP contribution >= 0.6 is 0 Å². The van der Waals surface area contributed by atoms with E-state index in [4.69, 9.17) is 10.5 Å². The molecule has 80 valence electrons. The van der Waals surface area contributed by atoms with Crippen LogP contribution in [0.5, 0.6) is 0 Å². The highest BCUT2D eigenvalue weighted by atomic mass is 16.5. The lowest BCUT2D eigenvalue weighted by atomic mass is 9.91. The third kappa shape index (κ3) is 1.71. The first-order valence-electron chi connectivity index (χ1n) is 5.34. The number of ether oxygens (including phenoxy) is 1. The molecule has 2 aliphatic heterocycles. The number of hydrogen-bond donors (Lipinski definition) is 1. The lowest BCUT2D eigenvalue weighted by molar-refractivity contribution is 0.00512. The normalized spacial score (nSPS) is 26.6. The zero-order valence-corrected chi connectivity index (χ0v) is 8.99. The topological polar surface area (TPSA) is 50.8 Å². The van der Waals surface area contributed by atoms with E-state index in [0.29, 0.717) is 12.1 Å². The summed E-state index contributed by atoms with van der Waals surface area (Å²) >= 11 is 0. The SMILES string of the molecule is CC(C)N1CCC2(CC1)CN=C(N)O2. The van der Waals surface area contributed by atoms with Crippen molar-refractivity contribution in [3.63, 3.8) is 0 Å². The maximum absolute atomic E-state index is 5.62. The molecule has 2 aliphatic rings. The van der Waals surface area contributed by atoms with E-state index >= 15 is 0 Å². The lowest BCUT2D eigenvalue weighted by Crippen LogP contribution is -2.49. The first kappa shape index (κ1) is 9.77. The van der Waals surface area contributed by atoms with Crippen molar-refractivity contribution in [1.82, 2.24) is 4.90 Å². The summed E-state index contributed by atoms with van der Waals surface area (Å²) in [6.45, 7) is 7.42. The Kier molecular flexibility index (Phi) is 2.39. The molecule has 4 heteroatoms. The van der Waals surface area contributed by atoms with Crippen LogP contribution in [0.3, 0.4) is 0 Å². The Balaban J connectivity index is 1.90. The van der Waals surface area contributed by atoms with Crippen LogP contribution in [0.4, 0.5) is 0 Å². The fraction of sp³-hybridized carbons (Fsp3) is 0.900. The van der Waals surface area contributed by atoms with E-state index in [2.05, 4.69) is 23.7 Å². The van der Waals surface area contributed by atoms with Crippen molar-refractivity contribution in [2.24, 2.45) is 10.7 Å². The van der Waals surface area contributed by atoms with Gasteiger partial charge in [-0.25, -0.2) is 4.99 Å². The van der Waals surface area contributed by atoms with Crippen molar-refractivity contribution < 1.29 is 4.74 Å². The van der Waals surface area contributed by atoms with E-state index in [-0.39, 0.29) is 5.60 Å². The van der Waals surface area contributed by atoms with Gasteiger partial charge < -0.3 is 15.4 Å². The second-order valence-electron chi connectivity index (χ2n) is 4.57. The Morgan fingerprint density at radius 1 is 1.43 bits per heavy atom. The average molecular weight is 197 g/mol. The highest BCUT2D eigenvalue weighted by Crippen LogP contribution is 2.30. The zero-order valence-electron chi connectivity index (χ0n) is 8.99. The number of amidine groups is 1. The van der Waals surface area contributed by atoms with Gasteiger partial charge in [0.05, 0.1) is 6.54 Å². The minimum Gasteiger partial charge on any atom is -0.457 e. The standard InChI is InChI=1S/C10H19N3O/c1-8(2)13-5-3-10(4-6-13)7-12-9(11)14-10/h8H,3-7H2,1-2H3,(H2,11,12). The molecule has 1 fully saturated rings. The van der Waals surface area contributed by atoms with Crippen molar-refractivity contribution >= 4 is 6.02 Å². The number of nitrogens with two attached hydrogens (primary N) is 1. The second kappa shape index (κ2) is 3.42. The van der Waals surface area contributed by atoms with Gasteiger partial charge in [-0.05, 0) is 13.8 Å². The van der Waals surface area contributed by atoms with E-state index in [1.165, 1.54) is 0 Å². The Bertz CT molecular complexity index is 242. The van der Waals surface area contributed by atoms with E-state index in [0.717, 1.165) is 32.5 Å². The third-order valence-electron chi connectivity index (χ3n) is 3.28. The molecule has 0 bridgehead atoms. The van der Waals surface area contributed by atoms with E-state index in [1.54, 1.807) is 0 Å². The summed E-state index contributed by atoms with van der Waals surface area (Å²) in [6.07, 6.45) is 2.10. The fourth-order valence-corrected chi connectivity index (χ4v) is 2.22. The minimum atomic E-state index is -0.0600. The molecule has 0 aliphatic carbocycles. The van der Waals surface area contributed by atoms with E-state index in [9.17, 15) is 0 Å². The van der Waals surface area contributed by atoms with Crippen molar-refractivity contribution in [3.8, 4) is 0 Å². The third-order valence-corrected chi connectivity index (χ3v) is 3.28. The molecule has 0 aromatic rings. The van der Waals surface area contributed by atoms with Gasteiger partial charge in [0.15, 0.2) is 0 Å². The molecule has 0 radical (unpaired) electrons. The van der Waals surface area contributed by atoms with E-state index < -0.39 is 0 Å². The Labute approximate surface area is 85.1 Å². The quantitative estimate of drug-likeness (QED) is 0.668. The molecule has 1 spiro atoms. The van der Waals surface area contributed by atoms with Gasteiger partial charge in [0.25, 0.3) is 6.02 Å². The summed E-state index contributed by atoms with van der Waals surface area (Å²) < 4.78 is 5.62. The summed E-state index contributed by atoms with van der Waals surface area (Å²) in [5, 5.41) is 0. The number of hydrogen-bond acceptors (Lipinski definition) is 4. The number of rotatable bonds is 1. The Morgan fingerprint density at radius 3 is 2.50 bits per heavy atom. The Hall–Kier alpha value is -0.770. The van der Waals surface area contributed by atoms with Crippen LogP contribution in [0.15, 0.2) is 4.99 Å². The maximum atomic E-state index is 5.62. The van der Waals surface area contributed by atoms with Crippen LogP contribution in [0, 0.1) is 0 Å². The first-order valence-corrected chi connectivity index (χ1v) is 5.34. The van der Waals surface area contributed by atoms with Gasteiger partial charge in [-0.3, -0.25) is 0 Å². The predicted octanol–water partition coefficient (Wildman–Crippen LogP) is 0.574. The summed E-state index contributed by atoms with van der Waals surface area (Å²) in [5.41, 5.74) is 5.49. The van der Waals surface area contributed by atoms with Crippen LogP contribution in [0.1, 0.15) is 26.7 Å². The number of nitrogens with zero attached hydrogens (tertiary/aromatic N) is 2. The highest BCUT2D eigenvalue weighted by Gasteiger charge is 2.40. The lowest BCUT2D eigenvalue weighted by Gasteiger charge is -2.39. The van der Waals surface area contributed by atoms with Crippen molar-refractivity contribution in [2.75, 3.05) is 19.6 Å². The summed E-state index contributed by atoms with van der Waals surface area (Å²) in [4.78, 5) is 6.61. The van der Waals surface area contributed by atoms with Gasteiger partial charge in [0, 0.05) is 32.0 Å². The summed E-state index contributed by atoms with van der Waals surface area (Å²) in [7, 11) is 0. The molecular formula is C10H19N3O. The van der Waals surface area contributed by atoms with Crippen molar-refractivity contribution in [2.45, 2.75) is 38.3 Å². The highest BCUT2D eigenvalue weighted by molar-refractivity contribution is 5.73. The van der Waals surface area contributed by atoms with Crippen molar-refractivity contribution in [3.05, 3.63) is 0 Å². The number of aliphatic imine (C=N–C) groups is 1. The average Bonchev–Trinajstić information content (AvgIpc) is 2.48. The number of piperidine rings is 1.